The number of piperidine rings is 1. The van der Waals surface area contributed by atoms with Gasteiger partial charge < -0.3 is 15.1 Å². The molecule has 0 atom stereocenters. The van der Waals surface area contributed by atoms with Gasteiger partial charge >= 0.3 is 0 Å². The Kier molecular flexibility index (Phi) is 4.85. The molecule has 0 bridgehead atoms. The van der Waals surface area contributed by atoms with Crippen molar-refractivity contribution < 1.29 is 14.0 Å². The molecule has 2 amide bonds. The second-order valence-electron chi connectivity index (χ2n) is 6.54. The molecule has 7 heteroatoms. The molecule has 1 aromatic carbocycles. The van der Waals surface area contributed by atoms with E-state index >= 15 is 0 Å². The number of amidine groups is 1. The average molecular weight is 381 g/mol. The number of hydrogen-bond acceptors (Lipinski definition) is 5. The van der Waals surface area contributed by atoms with Gasteiger partial charge in [-0.15, -0.1) is 0 Å². The number of aliphatic imine (C=N–C) groups is 1. The van der Waals surface area contributed by atoms with Crippen LogP contribution in [-0.4, -0.2) is 35.0 Å². The van der Waals surface area contributed by atoms with Crippen LogP contribution >= 0.6 is 11.8 Å². The number of likely N-dealkylation sites (tertiary alicyclic amines) is 1. The van der Waals surface area contributed by atoms with E-state index in [1.807, 2.05) is 47.4 Å². The summed E-state index contributed by atoms with van der Waals surface area (Å²) in [6, 6.07) is 13.5. The van der Waals surface area contributed by atoms with E-state index < -0.39 is 0 Å². The second-order valence-corrected chi connectivity index (χ2v) is 7.55. The van der Waals surface area contributed by atoms with E-state index in [4.69, 9.17) is 10.2 Å². The Morgan fingerprint density at radius 3 is 2.63 bits per heavy atom. The Morgan fingerprint density at radius 2 is 1.93 bits per heavy atom. The highest BCUT2D eigenvalue weighted by atomic mass is 32.2. The number of benzene rings is 1. The van der Waals surface area contributed by atoms with Gasteiger partial charge in [0.25, 0.3) is 5.91 Å². The predicted molar refractivity (Wildman–Crippen MR) is 106 cm³/mol. The zero-order valence-electron chi connectivity index (χ0n) is 14.6. The van der Waals surface area contributed by atoms with Gasteiger partial charge in [-0.25, -0.2) is 0 Å². The maximum atomic E-state index is 12.3. The minimum absolute atomic E-state index is 0.0847. The molecule has 0 aliphatic carbocycles. The van der Waals surface area contributed by atoms with Gasteiger partial charge in [-0.3, -0.25) is 9.59 Å². The van der Waals surface area contributed by atoms with Crippen LogP contribution in [0.3, 0.4) is 0 Å². The molecule has 0 saturated carbocycles. The van der Waals surface area contributed by atoms with Crippen LogP contribution in [0.1, 0.15) is 18.6 Å². The highest BCUT2D eigenvalue weighted by Crippen LogP contribution is 2.33. The standard InChI is InChI=1S/C20H19N3O3S/c21-18(24)14-8-10-23(11-9-14)20-22-19(25)17(27-20)12-15-6-7-16(26-15)13-4-2-1-3-5-13/h1-7,12,14H,8-11H2,(H2,21,24)/b17-12+. The van der Waals surface area contributed by atoms with Crippen molar-refractivity contribution in [3.05, 3.63) is 53.1 Å². The Bertz CT molecular complexity index is 925. The summed E-state index contributed by atoms with van der Waals surface area (Å²) in [6.45, 7) is 1.36. The number of amides is 2. The number of primary amides is 1. The minimum atomic E-state index is -0.260. The molecule has 6 nitrogen and oxygen atoms in total. The Labute approximate surface area is 161 Å². The predicted octanol–water partition coefficient (Wildman–Crippen LogP) is 3.11. The number of carbonyl (C=O) groups excluding carboxylic acids is 2. The fraction of sp³-hybridized carbons (Fsp3) is 0.250. The fourth-order valence-corrected chi connectivity index (χ4v) is 4.15. The zero-order chi connectivity index (χ0) is 18.8. The van der Waals surface area contributed by atoms with Crippen LogP contribution in [-0.2, 0) is 9.59 Å². The highest BCUT2D eigenvalue weighted by Gasteiger charge is 2.30. The molecule has 0 unspecified atom stereocenters. The number of rotatable bonds is 3. The van der Waals surface area contributed by atoms with Crippen molar-refractivity contribution in [3.8, 4) is 11.3 Å². The lowest BCUT2D eigenvalue weighted by Crippen LogP contribution is -2.40. The SMILES string of the molecule is NC(=O)C1CCN(C2=NC(=O)/C(=C\c3ccc(-c4ccccc4)o3)S2)CC1. The summed E-state index contributed by atoms with van der Waals surface area (Å²) in [7, 11) is 0. The third-order valence-corrected chi connectivity index (χ3v) is 5.78. The lowest BCUT2D eigenvalue weighted by atomic mass is 9.97. The number of nitrogens with zero attached hydrogens (tertiary/aromatic N) is 2. The molecule has 4 rings (SSSR count). The molecule has 0 radical (unpaired) electrons. The van der Waals surface area contributed by atoms with E-state index in [9.17, 15) is 9.59 Å². The van der Waals surface area contributed by atoms with Crippen molar-refractivity contribution >= 4 is 34.8 Å². The molecule has 3 heterocycles. The van der Waals surface area contributed by atoms with Crippen LogP contribution in [0.25, 0.3) is 17.4 Å². The highest BCUT2D eigenvalue weighted by molar-refractivity contribution is 8.18. The van der Waals surface area contributed by atoms with Gasteiger partial charge in [-0.2, -0.15) is 4.99 Å². The van der Waals surface area contributed by atoms with Crippen molar-refractivity contribution in [3.63, 3.8) is 0 Å². The molecule has 138 valence electrons. The Hall–Kier alpha value is -2.80. The summed E-state index contributed by atoms with van der Waals surface area (Å²) in [6.07, 6.45) is 3.12. The lowest BCUT2D eigenvalue weighted by Gasteiger charge is -2.31. The van der Waals surface area contributed by atoms with E-state index in [-0.39, 0.29) is 17.7 Å². The summed E-state index contributed by atoms with van der Waals surface area (Å²) >= 11 is 1.35. The third kappa shape index (κ3) is 3.83. The summed E-state index contributed by atoms with van der Waals surface area (Å²) in [4.78, 5) is 30.3. The average Bonchev–Trinajstić information content (AvgIpc) is 3.30. The maximum absolute atomic E-state index is 12.3. The molecule has 2 aliphatic heterocycles. The molecule has 0 spiro atoms. The number of carbonyl (C=O) groups is 2. The smallest absolute Gasteiger partial charge is 0.286 e. The first-order chi connectivity index (χ1) is 13.1. The minimum Gasteiger partial charge on any atom is -0.457 e. The van der Waals surface area contributed by atoms with Gasteiger partial charge in [0.15, 0.2) is 5.17 Å². The Morgan fingerprint density at radius 1 is 1.19 bits per heavy atom. The summed E-state index contributed by atoms with van der Waals surface area (Å²) in [5.74, 6) is 0.781. The first kappa shape index (κ1) is 17.6. The van der Waals surface area contributed by atoms with Crippen molar-refractivity contribution in [2.75, 3.05) is 13.1 Å². The van der Waals surface area contributed by atoms with Crippen molar-refractivity contribution in [1.82, 2.24) is 4.90 Å². The fourth-order valence-electron chi connectivity index (χ4n) is 3.21. The molecule has 1 aromatic heterocycles. The van der Waals surface area contributed by atoms with E-state index in [0.29, 0.717) is 41.8 Å². The van der Waals surface area contributed by atoms with Crippen LogP contribution in [0.15, 0.2) is 56.8 Å². The van der Waals surface area contributed by atoms with Crippen LogP contribution < -0.4 is 5.73 Å². The largest absolute Gasteiger partial charge is 0.457 e. The van der Waals surface area contributed by atoms with Gasteiger partial charge in [0.2, 0.25) is 5.91 Å². The van der Waals surface area contributed by atoms with E-state index in [2.05, 4.69) is 4.99 Å². The number of furan rings is 1. The van der Waals surface area contributed by atoms with E-state index in [0.717, 1.165) is 11.3 Å². The molecule has 2 aliphatic rings. The van der Waals surface area contributed by atoms with Crippen molar-refractivity contribution in [1.29, 1.82) is 0 Å². The van der Waals surface area contributed by atoms with Crippen LogP contribution in [0, 0.1) is 5.92 Å². The molecular weight excluding hydrogens is 362 g/mol. The quantitative estimate of drug-likeness (QED) is 0.825. The van der Waals surface area contributed by atoms with Crippen molar-refractivity contribution in [2.45, 2.75) is 12.8 Å². The first-order valence-electron chi connectivity index (χ1n) is 8.82. The number of hydrogen-bond donors (Lipinski definition) is 1. The molecular formula is C20H19N3O3S. The summed E-state index contributed by atoms with van der Waals surface area (Å²) in [5.41, 5.74) is 6.36. The topological polar surface area (TPSA) is 88.9 Å². The van der Waals surface area contributed by atoms with Crippen LogP contribution in [0.5, 0.6) is 0 Å². The number of nitrogens with two attached hydrogens (primary N) is 1. The normalized spacial score (nSPS) is 19.6. The van der Waals surface area contributed by atoms with Gasteiger partial charge in [-0.05, 0) is 36.7 Å². The van der Waals surface area contributed by atoms with Crippen molar-refractivity contribution in [2.24, 2.45) is 16.6 Å². The molecule has 2 N–H and O–H groups in total. The number of thioether (sulfide) groups is 1. The van der Waals surface area contributed by atoms with E-state index in [1.54, 1.807) is 6.08 Å². The second kappa shape index (κ2) is 7.44. The van der Waals surface area contributed by atoms with Crippen LogP contribution in [0.4, 0.5) is 0 Å². The summed E-state index contributed by atoms with van der Waals surface area (Å²) < 4.78 is 5.84. The molecule has 27 heavy (non-hydrogen) atoms. The lowest BCUT2D eigenvalue weighted by molar-refractivity contribution is -0.123. The van der Waals surface area contributed by atoms with Gasteiger partial charge in [-0.1, -0.05) is 30.3 Å². The monoisotopic (exact) mass is 381 g/mol. The van der Waals surface area contributed by atoms with Crippen LogP contribution in [0.2, 0.25) is 0 Å². The molecule has 2 aromatic rings. The molecule has 1 saturated heterocycles. The zero-order valence-corrected chi connectivity index (χ0v) is 15.4. The van der Waals surface area contributed by atoms with E-state index in [1.165, 1.54) is 11.8 Å². The van der Waals surface area contributed by atoms with Gasteiger partial charge in [0, 0.05) is 30.6 Å². The summed E-state index contributed by atoms with van der Waals surface area (Å²) in [5, 5.41) is 0.684. The van der Waals surface area contributed by atoms with Gasteiger partial charge in [0.05, 0.1) is 4.91 Å². The first-order valence-corrected chi connectivity index (χ1v) is 9.64. The third-order valence-electron chi connectivity index (χ3n) is 4.74. The Balaban J connectivity index is 1.44. The molecule has 1 fully saturated rings. The maximum Gasteiger partial charge on any atom is 0.286 e. The van der Waals surface area contributed by atoms with Gasteiger partial charge in [0.1, 0.15) is 11.5 Å².